The standard InChI is InChI=1S/C18H22N2O2S/c1-18(2,3)14-6-7-16(21)15(9-14)20-17(22)12-23-11-13-5-4-8-19-10-13/h4-10,21H,11-12H2,1-3H3,(H,20,22). The number of phenols is 1. The van der Waals surface area contributed by atoms with Crippen molar-refractivity contribution in [1.29, 1.82) is 0 Å². The second-order valence-electron chi connectivity index (χ2n) is 6.38. The fourth-order valence-electron chi connectivity index (χ4n) is 2.03. The molecule has 0 spiro atoms. The first-order valence-electron chi connectivity index (χ1n) is 7.46. The second-order valence-corrected chi connectivity index (χ2v) is 7.37. The molecular formula is C18H22N2O2S. The van der Waals surface area contributed by atoms with Gasteiger partial charge in [-0.1, -0.05) is 32.9 Å². The minimum Gasteiger partial charge on any atom is -0.506 e. The van der Waals surface area contributed by atoms with Crippen LogP contribution in [0.5, 0.6) is 5.75 Å². The van der Waals surface area contributed by atoms with Gasteiger partial charge in [-0.25, -0.2) is 0 Å². The normalized spacial score (nSPS) is 11.3. The molecule has 122 valence electrons. The van der Waals surface area contributed by atoms with Gasteiger partial charge < -0.3 is 10.4 Å². The van der Waals surface area contributed by atoms with E-state index >= 15 is 0 Å². The molecule has 4 nitrogen and oxygen atoms in total. The van der Waals surface area contributed by atoms with Crippen molar-refractivity contribution in [3.05, 3.63) is 53.9 Å². The molecule has 23 heavy (non-hydrogen) atoms. The molecular weight excluding hydrogens is 308 g/mol. The van der Waals surface area contributed by atoms with Crippen molar-refractivity contribution in [2.24, 2.45) is 0 Å². The van der Waals surface area contributed by atoms with Crippen molar-refractivity contribution in [1.82, 2.24) is 4.98 Å². The number of rotatable bonds is 5. The van der Waals surface area contributed by atoms with Gasteiger partial charge in [-0.15, -0.1) is 11.8 Å². The smallest absolute Gasteiger partial charge is 0.234 e. The number of benzene rings is 1. The van der Waals surface area contributed by atoms with E-state index in [1.54, 1.807) is 18.5 Å². The van der Waals surface area contributed by atoms with Crippen LogP contribution in [-0.2, 0) is 16.0 Å². The maximum atomic E-state index is 12.1. The number of nitrogens with one attached hydrogen (secondary N) is 1. The van der Waals surface area contributed by atoms with E-state index in [0.29, 0.717) is 11.4 Å². The third-order valence-electron chi connectivity index (χ3n) is 3.36. The molecule has 1 aromatic heterocycles. The van der Waals surface area contributed by atoms with Gasteiger partial charge in [0.2, 0.25) is 5.91 Å². The van der Waals surface area contributed by atoms with Crippen LogP contribution in [0.1, 0.15) is 31.9 Å². The number of hydrogen-bond acceptors (Lipinski definition) is 4. The Kier molecular flexibility index (Phi) is 5.66. The van der Waals surface area contributed by atoms with Gasteiger partial charge in [-0.05, 0) is 34.7 Å². The lowest BCUT2D eigenvalue weighted by atomic mass is 9.87. The number of amides is 1. The summed E-state index contributed by atoms with van der Waals surface area (Å²) in [7, 11) is 0. The van der Waals surface area contributed by atoms with E-state index in [9.17, 15) is 9.90 Å². The molecule has 0 saturated carbocycles. The van der Waals surface area contributed by atoms with Crippen molar-refractivity contribution in [2.75, 3.05) is 11.1 Å². The maximum absolute atomic E-state index is 12.1. The number of hydrogen-bond donors (Lipinski definition) is 2. The molecule has 1 aromatic carbocycles. The molecule has 0 radical (unpaired) electrons. The molecule has 2 rings (SSSR count). The highest BCUT2D eigenvalue weighted by Crippen LogP contribution is 2.30. The summed E-state index contributed by atoms with van der Waals surface area (Å²) < 4.78 is 0. The van der Waals surface area contributed by atoms with Crippen LogP contribution in [0.25, 0.3) is 0 Å². The fourth-order valence-corrected chi connectivity index (χ4v) is 2.80. The van der Waals surface area contributed by atoms with E-state index in [1.165, 1.54) is 11.8 Å². The predicted octanol–water partition coefficient (Wildman–Crippen LogP) is 3.96. The van der Waals surface area contributed by atoms with Crippen LogP contribution in [-0.4, -0.2) is 21.8 Å². The third kappa shape index (κ3) is 5.28. The van der Waals surface area contributed by atoms with E-state index in [0.717, 1.165) is 16.9 Å². The summed E-state index contributed by atoms with van der Waals surface area (Å²) in [4.78, 5) is 16.1. The number of pyridine rings is 1. The monoisotopic (exact) mass is 330 g/mol. The first kappa shape index (κ1) is 17.3. The van der Waals surface area contributed by atoms with Crippen LogP contribution in [0.2, 0.25) is 0 Å². The molecule has 0 aliphatic carbocycles. The summed E-state index contributed by atoms with van der Waals surface area (Å²) in [6, 6.07) is 9.20. The highest BCUT2D eigenvalue weighted by atomic mass is 32.2. The number of thioether (sulfide) groups is 1. The van der Waals surface area contributed by atoms with Crippen molar-refractivity contribution in [2.45, 2.75) is 31.9 Å². The number of aromatic hydroxyl groups is 1. The molecule has 1 heterocycles. The van der Waals surface area contributed by atoms with Gasteiger partial charge in [0.25, 0.3) is 0 Å². The van der Waals surface area contributed by atoms with Crippen LogP contribution in [0.4, 0.5) is 5.69 Å². The average molecular weight is 330 g/mol. The largest absolute Gasteiger partial charge is 0.506 e. The SMILES string of the molecule is CC(C)(C)c1ccc(O)c(NC(=O)CSCc2cccnc2)c1. The number of phenolic OH excluding ortho intramolecular Hbond substituents is 1. The molecule has 0 bridgehead atoms. The van der Waals surface area contributed by atoms with Gasteiger partial charge in [0.1, 0.15) is 5.75 Å². The molecule has 0 fully saturated rings. The van der Waals surface area contributed by atoms with E-state index in [2.05, 4.69) is 31.1 Å². The van der Waals surface area contributed by atoms with Crippen LogP contribution < -0.4 is 5.32 Å². The first-order chi connectivity index (χ1) is 10.9. The third-order valence-corrected chi connectivity index (χ3v) is 4.37. The molecule has 0 atom stereocenters. The molecule has 2 aromatic rings. The Labute approximate surface area is 141 Å². The topological polar surface area (TPSA) is 62.2 Å². The maximum Gasteiger partial charge on any atom is 0.234 e. The summed E-state index contributed by atoms with van der Waals surface area (Å²) in [5.41, 5.74) is 2.57. The van der Waals surface area contributed by atoms with Crippen LogP contribution in [0.3, 0.4) is 0 Å². The number of carbonyl (C=O) groups excluding carboxylic acids is 1. The lowest BCUT2D eigenvalue weighted by Crippen LogP contribution is -2.16. The zero-order valence-electron chi connectivity index (χ0n) is 13.7. The Balaban J connectivity index is 1.92. The Morgan fingerprint density at radius 1 is 1.30 bits per heavy atom. The molecule has 0 unspecified atom stereocenters. The summed E-state index contributed by atoms with van der Waals surface area (Å²) >= 11 is 1.52. The molecule has 2 N–H and O–H groups in total. The molecule has 1 amide bonds. The summed E-state index contributed by atoms with van der Waals surface area (Å²) in [6.45, 7) is 6.28. The van der Waals surface area contributed by atoms with Crippen molar-refractivity contribution >= 4 is 23.4 Å². The predicted molar refractivity (Wildman–Crippen MR) is 95.8 cm³/mol. The molecule has 0 aliphatic heterocycles. The van der Waals surface area contributed by atoms with Gasteiger partial charge in [0, 0.05) is 18.1 Å². The number of nitrogens with zero attached hydrogens (tertiary/aromatic N) is 1. The van der Waals surface area contributed by atoms with E-state index in [4.69, 9.17) is 0 Å². The molecule has 5 heteroatoms. The summed E-state index contributed by atoms with van der Waals surface area (Å²) in [5.74, 6) is 1.02. The van der Waals surface area contributed by atoms with Gasteiger partial charge in [0.05, 0.1) is 11.4 Å². The number of carbonyl (C=O) groups is 1. The van der Waals surface area contributed by atoms with E-state index in [1.807, 2.05) is 24.3 Å². The first-order valence-corrected chi connectivity index (χ1v) is 8.62. The Morgan fingerprint density at radius 2 is 2.09 bits per heavy atom. The minimum absolute atomic E-state index is 0.0394. The quantitative estimate of drug-likeness (QED) is 0.815. The summed E-state index contributed by atoms with van der Waals surface area (Å²) in [5, 5.41) is 12.7. The minimum atomic E-state index is -0.125. The fraction of sp³-hybridized carbons (Fsp3) is 0.333. The Morgan fingerprint density at radius 3 is 2.74 bits per heavy atom. The Hall–Kier alpha value is -2.01. The average Bonchev–Trinajstić information content (AvgIpc) is 2.49. The zero-order chi connectivity index (χ0) is 16.9. The van der Waals surface area contributed by atoms with Crippen molar-refractivity contribution in [3.8, 4) is 5.75 Å². The highest BCUT2D eigenvalue weighted by molar-refractivity contribution is 7.99. The van der Waals surface area contributed by atoms with Gasteiger partial charge in [-0.2, -0.15) is 0 Å². The van der Waals surface area contributed by atoms with Crippen LogP contribution >= 0.6 is 11.8 Å². The van der Waals surface area contributed by atoms with E-state index < -0.39 is 0 Å². The van der Waals surface area contributed by atoms with E-state index in [-0.39, 0.29) is 17.1 Å². The Bertz CT molecular complexity index is 666. The zero-order valence-corrected chi connectivity index (χ0v) is 14.5. The highest BCUT2D eigenvalue weighted by Gasteiger charge is 2.16. The van der Waals surface area contributed by atoms with Gasteiger partial charge in [-0.3, -0.25) is 9.78 Å². The lowest BCUT2D eigenvalue weighted by molar-refractivity contribution is -0.113. The van der Waals surface area contributed by atoms with Crippen molar-refractivity contribution in [3.63, 3.8) is 0 Å². The summed E-state index contributed by atoms with van der Waals surface area (Å²) in [6.07, 6.45) is 3.52. The van der Waals surface area contributed by atoms with Crippen molar-refractivity contribution < 1.29 is 9.90 Å². The van der Waals surface area contributed by atoms with Crippen LogP contribution in [0.15, 0.2) is 42.7 Å². The van der Waals surface area contributed by atoms with Crippen LogP contribution in [0, 0.1) is 0 Å². The van der Waals surface area contributed by atoms with Gasteiger partial charge >= 0.3 is 0 Å². The van der Waals surface area contributed by atoms with Gasteiger partial charge in [0.15, 0.2) is 0 Å². The molecule has 0 saturated heterocycles. The lowest BCUT2D eigenvalue weighted by Gasteiger charge is -2.20. The second kappa shape index (κ2) is 7.51. The number of aromatic nitrogens is 1. The number of anilines is 1. The molecule has 0 aliphatic rings.